The number of benzene rings is 5. The van der Waals surface area contributed by atoms with Crippen molar-refractivity contribution < 1.29 is 36.7 Å². The molecule has 4 amide bonds. The molecule has 17 heteroatoms. The van der Waals surface area contributed by atoms with Crippen LogP contribution in [0.25, 0.3) is 21.8 Å². The van der Waals surface area contributed by atoms with Crippen LogP contribution in [-0.2, 0) is 49.5 Å². The van der Waals surface area contributed by atoms with Crippen LogP contribution in [0.5, 0.6) is 5.75 Å². The van der Waals surface area contributed by atoms with Gasteiger partial charge in [-0.3, -0.25) is 33.6 Å². The number of piperidine rings is 1. The van der Waals surface area contributed by atoms with Crippen molar-refractivity contribution in [1.82, 2.24) is 19.2 Å². The van der Waals surface area contributed by atoms with Crippen LogP contribution < -0.4 is 35.4 Å². The van der Waals surface area contributed by atoms with E-state index in [2.05, 4.69) is 16.0 Å². The van der Waals surface area contributed by atoms with Crippen LogP contribution in [0.2, 0.25) is 0 Å². The number of halogens is 1. The molecule has 2 saturated heterocycles. The number of carbonyl (C=O) groups excluding carboxylic acids is 4. The predicted molar refractivity (Wildman–Crippen MR) is 210 cm³/mol. The Labute approximate surface area is 324 Å². The highest BCUT2D eigenvalue weighted by Crippen LogP contribution is 2.40. The fourth-order valence-corrected chi connectivity index (χ4v) is 8.22. The molecule has 8 rings (SSSR count). The molecule has 4 N–H and O–H groups in total. The number of anilines is 4. The minimum atomic E-state index is -4.35. The predicted octanol–water partition coefficient (Wildman–Crippen LogP) is 4.29. The van der Waals surface area contributed by atoms with Crippen LogP contribution in [0.1, 0.15) is 30.0 Å². The molecule has 6 aromatic rings. The van der Waals surface area contributed by atoms with Crippen molar-refractivity contribution in [2.75, 3.05) is 21.5 Å². The number of carbonyl (C=O) groups is 4. The Kier molecular flexibility index (Phi) is 9.44. The van der Waals surface area contributed by atoms with E-state index in [1.807, 2.05) is 10.8 Å². The molecule has 0 bridgehead atoms. The number of hydrogen-bond acceptors (Lipinski definition) is 9. The monoisotopic (exact) mass is 791 g/mol. The Hall–Kier alpha value is -7.01. The van der Waals surface area contributed by atoms with Crippen LogP contribution in [-0.4, -0.2) is 47.7 Å². The molecule has 1 atom stereocenters. The highest BCUT2D eigenvalue weighted by atomic mass is 32.2. The first kappa shape index (κ1) is 36.9. The van der Waals surface area contributed by atoms with Gasteiger partial charge in [0.25, 0.3) is 5.91 Å². The molecule has 2 aliphatic heterocycles. The average molecular weight is 792 g/mol. The van der Waals surface area contributed by atoms with Gasteiger partial charge in [0, 0.05) is 35.9 Å². The maximum Gasteiger partial charge on any atom is 0.329 e. The molecule has 15 nitrogen and oxygen atoms in total. The number of fused-ring (bicyclic) bond motifs is 2. The van der Waals surface area contributed by atoms with Gasteiger partial charge in [-0.05, 0) is 77.5 Å². The van der Waals surface area contributed by atoms with E-state index >= 15 is 4.39 Å². The lowest BCUT2D eigenvalue weighted by molar-refractivity contribution is -0.135. The van der Waals surface area contributed by atoms with Crippen molar-refractivity contribution in [3.63, 3.8) is 0 Å². The molecule has 5 aromatic carbocycles. The minimum absolute atomic E-state index is 0.00428. The third-order valence-electron chi connectivity index (χ3n) is 9.82. The second-order valence-electron chi connectivity index (χ2n) is 13.7. The lowest BCUT2D eigenvalue weighted by Gasteiger charge is -2.21. The summed E-state index contributed by atoms with van der Waals surface area (Å²) in [4.78, 5) is 62.5. The molecule has 2 aliphatic rings. The first-order valence-electron chi connectivity index (χ1n) is 17.8. The van der Waals surface area contributed by atoms with Gasteiger partial charge in [-0.1, -0.05) is 42.5 Å². The molecular formula is C40H34FN7O8S. The summed E-state index contributed by atoms with van der Waals surface area (Å²) in [5.74, 6) is -3.02. The Bertz CT molecular complexity index is 2810. The van der Waals surface area contributed by atoms with E-state index in [-0.39, 0.29) is 54.5 Å². The maximum absolute atomic E-state index is 16.2. The SMILES string of the molecule is Cn1c(=O)n(C2CCC(=O)NC2=O)c2ccc(Nc3ccc(CC(=O)Nc4ccc5c(F)c(N6CC(=O)NS6(=O)=O)c(OCc6ccccc6)cc5c4)cc3)cc21. The number of amides is 4. The van der Waals surface area contributed by atoms with E-state index in [0.717, 1.165) is 11.3 Å². The summed E-state index contributed by atoms with van der Waals surface area (Å²) in [6.07, 6.45) is 0.405. The largest absolute Gasteiger partial charge is 0.487 e. The number of ether oxygens (including phenoxy) is 1. The summed E-state index contributed by atoms with van der Waals surface area (Å²) in [5.41, 5.74) is 3.63. The van der Waals surface area contributed by atoms with Crippen molar-refractivity contribution >= 4 is 78.4 Å². The summed E-state index contributed by atoms with van der Waals surface area (Å²) in [5, 5.41) is 8.81. The fourth-order valence-electron chi connectivity index (χ4n) is 7.06. The molecule has 0 radical (unpaired) electrons. The van der Waals surface area contributed by atoms with E-state index in [4.69, 9.17) is 4.74 Å². The van der Waals surface area contributed by atoms with E-state index in [9.17, 15) is 32.4 Å². The van der Waals surface area contributed by atoms with Crippen molar-refractivity contribution in [3.8, 4) is 5.75 Å². The number of aryl methyl sites for hydroxylation is 1. The molecule has 0 saturated carbocycles. The standard InChI is InChI=1S/C40H34FN7O8S/c1-46-32-20-28(12-14-30(32)48(40(46)53)31-15-16-34(49)44-39(31)52)42-26-9-7-23(8-10-26)17-35(50)43-27-11-13-29-25(18-27)19-33(56-22-24-5-3-2-4-6-24)38(37(29)41)47-21-36(51)45-57(47,54)55/h2-14,18-20,31,42H,15-17,21-22H2,1H3,(H,43,50)(H,45,51)(H,44,49,52). The van der Waals surface area contributed by atoms with Gasteiger partial charge in [0.05, 0.1) is 17.5 Å². The van der Waals surface area contributed by atoms with Gasteiger partial charge in [0.2, 0.25) is 17.7 Å². The average Bonchev–Trinajstić information content (AvgIpc) is 3.59. The lowest BCUT2D eigenvalue weighted by atomic mass is 10.1. The topological polar surface area (TPSA) is 190 Å². The molecule has 3 heterocycles. The summed E-state index contributed by atoms with van der Waals surface area (Å²) in [6.45, 7) is -0.617. The lowest BCUT2D eigenvalue weighted by Crippen LogP contribution is -2.44. The van der Waals surface area contributed by atoms with E-state index in [0.29, 0.717) is 37.7 Å². The maximum atomic E-state index is 16.2. The van der Waals surface area contributed by atoms with Gasteiger partial charge in [-0.25, -0.2) is 18.2 Å². The Morgan fingerprint density at radius 1 is 0.860 bits per heavy atom. The van der Waals surface area contributed by atoms with Gasteiger partial charge in [-0.2, -0.15) is 8.42 Å². The van der Waals surface area contributed by atoms with Gasteiger partial charge >= 0.3 is 15.9 Å². The van der Waals surface area contributed by atoms with E-state index in [1.54, 1.807) is 79.8 Å². The molecule has 1 unspecified atom stereocenters. The molecule has 0 aliphatic carbocycles. The van der Waals surface area contributed by atoms with Crippen LogP contribution in [0.3, 0.4) is 0 Å². The summed E-state index contributed by atoms with van der Waals surface area (Å²) < 4.78 is 53.0. The van der Waals surface area contributed by atoms with Gasteiger partial charge < -0.3 is 15.4 Å². The third kappa shape index (κ3) is 7.27. The van der Waals surface area contributed by atoms with E-state index < -0.39 is 46.1 Å². The second kappa shape index (κ2) is 14.6. The number of imide groups is 1. The number of imidazole rings is 1. The van der Waals surface area contributed by atoms with Gasteiger partial charge in [0.1, 0.15) is 30.6 Å². The Morgan fingerprint density at radius 2 is 1.60 bits per heavy atom. The number of rotatable bonds is 10. The third-order valence-corrected chi connectivity index (χ3v) is 11.2. The summed E-state index contributed by atoms with van der Waals surface area (Å²) >= 11 is 0. The molecule has 0 spiro atoms. The zero-order valence-electron chi connectivity index (χ0n) is 30.2. The number of hydrogen-bond donors (Lipinski definition) is 4. The number of nitrogens with one attached hydrogen (secondary N) is 4. The first-order valence-corrected chi connectivity index (χ1v) is 19.3. The van der Waals surface area contributed by atoms with Gasteiger partial charge in [0.15, 0.2) is 5.82 Å². The molecule has 57 heavy (non-hydrogen) atoms. The zero-order valence-corrected chi connectivity index (χ0v) is 31.1. The van der Waals surface area contributed by atoms with Crippen LogP contribution >= 0.6 is 0 Å². The van der Waals surface area contributed by atoms with Gasteiger partial charge in [-0.15, -0.1) is 0 Å². The van der Waals surface area contributed by atoms with Crippen LogP contribution in [0, 0.1) is 5.82 Å². The molecule has 290 valence electrons. The molecule has 2 fully saturated rings. The number of nitrogens with zero attached hydrogens (tertiary/aromatic N) is 3. The molecular weight excluding hydrogens is 758 g/mol. The first-order chi connectivity index (χ1) is 27.3. The van der Waals surface area contributed by atoms with Crippen molar-refractivity contribution in [2.24, 2.45) is 7.05 Å². The number of aromatic nitrogens is 2. The Morgan fingerprint density at radius 3 is 2.32 bits per heavy atom. The molecule has 1 aromatic heterocycles. The zero-order chi connectivity index (χ0) is 40.0. The van der Waals surface area contributed by atoms with Crippen molar-refractivity contribution in [1.29, 1.82) is 0 Å². The smallest absolute Gasteiger partial charge is 0.329 e. The van der Waals surface area contributed by atoms with Crippen LogP contribution in [0.4, 0.5) is 27.1 Å². The normalized spacial score (nSPS) is 16.4. The Balaban J connectivity index is 0.968. The fraction of sp³-hybridized carbons (Fsp3) is 0.175. The van der Waals surface area contributed by atoms with Crippen LogP contribution in [0.15, 0.2) is 102 Å². The highest BCUT2D eigenvalue weighted by Gasteiger charge is 2.38. The highest BCUT2D eigenvalue weighted by molar-refractivity contribution is 7.92. The minimum Gasteiger partial charge on any atom is -0.487 e. The second-order valence-corrected chi connectivity index (χ2v) is 15.3. The summed E-state index contributed by atoms with van der Waals surface area (Å²) in [7, 11) is -2.74. The van der Waals surface area contributed by atoms with Crippen molar-refractivity contribution in [3.05, 3.63) is 124 Å². The quantitative estimate of drug-likeness (QED) is 0.147. The van der Waals surface area contributed by atoms with E-state index in [1.165, 1.54) is 27.3 Å². The summed E-state index contributed by atoms with van der Waals surface area (Å²) in [6, 6.07) is 26.7. The van der Waals surface area contributed by atoms with Crippen molar-refractivity contribution in [2.45, 2.75) is 31.9 Å².